The van der Waals surface area contributed by atoms with Crippen LogP contribution in [0.5, 0.6) is 0 Å². The Morgan fingerprint density at radius 1 is 0.920 bits per heavy atom. The summed E-state index contributed by atoms with van der Waals surface area (Å²) in [5.74, 6) is -0.290. The lowest BCUT2D eigenvalue weighted by Gasteiger charge is -2.05. The average molecular weight is 350 g/mol. The molecule has 0 radical (unpaired) electrons. The summed E-state index contributed by atoms with van der Waals surface area (Å²) in [4.78, 5) is 15.4. The largest absolute Gasteiger partial charge is 0.462 e. The van der Waals surface area contributed by atoms with Crippen LogP contribution in [0, 0.1) is 0 Å². The molecule has 0 atom stereocenters. The van der Waals surface area contributed by atoms with Crippen molar-refractivity contribution >= 4 is 39.4 Å². The van der Waals surface area contributed by atoms with E-state index in [9.17, 15) is 4.79 Å². The van der Waals surface area contributed by atoms with Gasteiger partial charge in [-0.05, 0) is 42.0 Å². The lowest BCUT2D eigenvalue weighted by atomic mass is 10.1. The fourth-order valence-corrected chi connectivity index (χ4v) is 3.17. The number of nitrogens with one attached hydrogen (secondary N) is 1. The number of halogens is 1. The minimum atomic E-state index is -0.290. The van der Waals surface area contributed by atoms with Crippen LogP contribution in [0.4, 0.5) is 0 Å². The highest BCUT2D eigenvalue weighted by molar-refractivity contribution is 6.31. The molecule has 0 aliphatic carbocycles. The van der Waals surface area contributed by atoms with Gasteiger partial charge < -0.3 is 9.72 Å². The first-order chi connectivity index (χ1) is 12.2. The van der Waals surface area contributed by atoms with Crippen LogP contribution in [0.2, 0.25) is 5.02 Å². The minimum absolute atomic E-state index is 0.290. The molecule has 1 aromatic heterocycles. The van der Waals surface area contributed by atoms with Gasteiger partial charge >= 0.3 is 5.97 Å². The lowest BCUT2D eigenvalue weighted by molar-refractivity contribution is 0.0509. The summed E-state index contributed by atoms with van der Waals surface area (Å²) in [6.45, 7) is 0.352. The normalized spacial score (nSPS) is 11.1. The number of carbonyl (C=O) groups is 1. The number of esters is 1. The summed E-state index contributed by atoms with van der Waals surface area (Å²) < 4.78 is 5.35. The van der Waals surface area contributed by atoms with E-state index in [1.54, 1.807) is 12.1 Å². The van der Waals surface area contributed by atoms with Crippen LogP contribution in [-0.2, 0) is 11.2 Å². The number of aromatic amines is 1. The van der Waals surface area contributed by atoms with E-state index in [0.29, 0.717) is 18.6 Å². The number of rotatable bonds is 4. The second-order valence-corrected chi connectivity index (χ2v) is 6.38. The fraction of sp³-hybridized carbons (Fsp3) is 0.0952. The van der Waals surface area contributed by atoms with Gasteiger partial charge in [0.25, 0.3) is 0 Å². The summed E-state index contributed by atoms with van der Waals surface area (Å²) >= 11 is 6.09. The molecule has 0 bridgehead atoms. The number of H-pyrrole nitrogens is 1. The monoisotopic (exact) mass is 349 g/mol. The lowest BCUT2D eigenvalue weighted by Crippen LogP contribution is -2.07. The van der Waals surface area contributed by atoms with Crippen LogP contribution < -0.4 is 0 Å². The van der Waals surface area contributed by atoms with Gasteiger partial charge in [-0.25, -0.2) is 4.79 Å². The van der Waals surface area contributed by atoms with Gasteiger partial charge in [-0.15, -0.1) is 0 Å². The molecule has 3 aromatic carbocycles. The van der Waals surface area contributed by atoms with Crippen LogP contribution in [0.25, 0.3) is 21.8 Å². The van der Waals surface area contributed by atoms with E-state index in [-0.39, 0.29) is 5.97 Å². The van der Waals surface area contributed by atoms with Gasteiger partial charge in [0.15, 0.2) is 0 Å². The standard InChI is InChI=1S/C21H16ClNO2/c22-16-7-9-19-18(13-16)17-8-6-14(12-20(17)23-19)10-11-25-21(24)15-4-2-1-3-5-15/h1-9,12-13,23H,10-11H2. The highest BCUT2D eigenvalue weighted by atomic mass is 35.5. The molecule has 4 heteroatoms. The predicted octanol–water partition coefficient (Wildman–Crippen LogP) is 5.37. The first kappa shape index (κ1) is 15.7. The molecule has 3 nitrogen and oxygen atoms in total. The van der Waals surface area contributed by atoms with Crippen LogP contribution in [0.1, 0.15) is 15.9 Å². The number of hydrogen-bond donors (Lipinski definition) is 1. The van der Waals surface area contributed by atoms with E-state index in [1.165, 1.54) is 0 Å². The molecule has 0 amide bonds. The van der Waals surface area contributed by atoms with Crippen molar-refractivity contribution in [1.29, 1.82) is 0 Å². The van der Waals surface area contributed by atoms with Gasteiger partial charge in [-0.1, -0.05) is 41.9 Å². The number of fused-ring (bicyclic) bond motifs is 3. The zero-order chi connectivity index (χ0) is 17.2. The molecule has 1 N–H and O–H groups in total. The molecular weight excluding hydrogens is 334 g/mol. The Morgan fingerprint density at radius 3 is 2.60 bits per heavy atom. The van der Waals surface area contributed by atoms with Gasteiger partial charge in [-0.2, -0.15) is 0 Å². The zero-order valence-corrected chi connectivity index (χ0v) is 14.2. The molecule has 0 fully saturated rings. The topological polar surface area (TPSA) is 42.1 Å². The smallest absolute Gasteiger partial charge is 0.338 e. The maximum absolute atomic E-state index is 12.0. The van der Waals surface area contributed by atoms with Crippen molar-refractivity contribution < 1.29 is 9.53 Å². The molecular formula is C21H16ClNO2. The van der Waals surface area contributed by atoms with Crippen molar-refractivity contribution in [2.24, 2.45) is 0 Å². The highest BCUT2D eigenvalue weighted by Gasteiger charge is 2.08. The Morgan fingerprint density at radius 2 is 1.76 bits per heavy atom. The summed E-state index contributed by atoms with van der Waals surface area (Å²) in [7, 11) is 0. The van der Waals surface area contributed by atoms with Crippen molar-refractivity contribution in [3.8, 4) is 0 Å². The first-order valence-electron chi connectivity index (χ1n) is 8.13. The van der Waals surface area contributed by atoms with Gasteiger partial charge in [-0.3, -0.25) is 0 Å². The van der Waals surface area contributed by atoms with E-state index in [2.05, 4.69) is 23.2 Å². The average Bonchev–Trinajstić information content (AvgIpc) is 2.99. The summed E-state index contributed by atoms with van der Waals surface area (Å²) in [5.41, 5.74) is 3.81. The summed E-state index contributed by atoms with van der Waals surface area (Å²) in [6.07, 6.45) is 0.671. The molecule has 4 aromatic rings. The number of aromatic nitrogens is 1. The molecule has 0 unspecified atom stereocenters. The number of hydrogen-bond acceptors (Lipinski definition) is 2. The molecule has 0 saturated carbocycles. The van der Waals surface area contributed by atoms with Gasteiger partial charge in [0.2, 0.25) is 0 Å². The van der Waals surface area contributed by atoms with Crippen LogP contribution in [-0.4, -0.2) is 17.6 Å². The SMILES string of the molecule is O=C(OCCc1ccc2c(c1)[nH]c1ccc(Cl)cc12)c1ccccc1. The third-order valence-corrected chi connectivity index (χ3v) is 4.49. The minimum Gasteiger partial charge on any atom is -0.462 e. The number of benzene rings is 3. The Bertz CT molecular complexity index is 1050. The van der Waals surface area contributed by atoms with E-state index in [4.69, 9.17) is 16.3 Å². The van der Waals surface area contributed by atoms with E-state index in [1.807, 2.05) is 36.4 Å². The second kappa shape index (κ2) is 6.61. The Hall–Kier alpha value is -2.78. The van der Waals surface area contributed by atoms with E-state index >= 15 is 0 Å². The maximum Gasteiger partial charge on any atom is 0.338 e. The molecule has 4 rings (SSSR count). The first-order valence-corrected chi connectivity index (χ1v) is 8.50. The highest BCUT2D eigenvalue weighted by Crippen LogP contribution is 2.28. The summed E-state index contributed by atoms with van der Waals surface area (Å²) in [6, 6.07) is 21.1. The van der Waals surface area contributed by atoms with Gasteiger partial charge in [0.05, 0.1) is 12.2 Å². The van der Waals surface area contributed by atoms with Gasteiger partial charge in [0, 0.05) is 33.2 Å². The predicted molar refractivity (Wildman–Crippen MR) is 101 cm³/mol. The van der Waals surface area contributed by atoms with Crippen LogP contribution >= 0.6 is 11.6 Å². The third kappa shape index (κ3) is 3.24. The van der Waals surface area contributed by atoms with E-state index in [0.717, 1.165) is 32.4 Å². The maximum atomic E-state index is 12.0. The number of carbonyl (C=O) groups excluding carboxylic acids is 1. The molecule has 25 heavy (non-hydrogen) atoms. The van der Waals surface area contributed by atoms with Crippen LogP contribution in [0.15, 0.2) is 66.7 Å². The Balaban J connectivity index is 1.49. The second-order valence-electron chi connectivity index (χ2n) is 5.95. The Kier molecular flexibility index (Phi) is 4.16. The zero-order valence-electron chi connectivity index (χ0n) is 13.5. The van der Waals surface area contributed by atoms with Crippen molar-refractivity contribution in [3.05, 3.63) is 82.9 Å². The summed E-state index contributed by atoms with van der Waals surface area (Å²) in [5, 5.41) is 2.98. The molecule has 0 saturated heterocycles. The molecule has 0 aliphatic heterocycles. The van der Waals surface area contributed by atoms with E-state index < -0.39 is 0 Å². The number of ether oxygens (including phenoxy) is 1. The molecule has 0 spiro atoms. The third-order valence-electron chi connectivity index (χ3n) is 4.26. The van der Waals surface area contributed by atoms with Crippen molar-refractivity contribution in [2.75, 3.05) is 6.61 Å². The van der Waals surface area contributed by atoms with Crippen LogP contribution in [0.3, 0.4) is 0 Å². The van der Waals surface area contributed by atoms with Crippen molar-refractivity contribution in [1.82, 2.24) is 4.98 Å². The van der Waals surface area contributed by atoms with Gasteiger partial charge in [0.1, 0.15) is 0 Å². The quantitative estimate of drug-likeness (QED) is 0.503. The van der Waals surface area contributed by atoms with Crippen molar-refractivity contribution in [3.63, 3.8) is 0 Å². The molecule has 124 valence electrons. The Labute approximate surface area is 150 Å². The molecule has 0 aliphatic rings. The molecule has 1 heterocycles. The van der Waals surface area contributed by atoms with Crippen molar-refractivity contribution in [2.45, 2.75) is 6.42 Å². The fourth-order valence-electron chi connectivity index (χ4n) is 3.00.